The molecule has 2 rings (SSSR count). The molecule has 1 aliphatic carbocycles. The molecule has 0 N–H and O–H groups in total. The average Bonchev–Trinajstić information content (AvgIpc) is 2.61. The first-order valence-electron chi connectivity index (χ1n) is 7.33. The molecule has 1 aromatic rings. The van der Waals surface area contributed by atoms with E-state index in [-0.39, 0.29) is 11.2 Å². The van der Waals surface area contributed by atoms with Crippen molar-refractivity contribution in [2.75, 3.05) is 0 Å². The molecule has 0 aromatic heterocycles. The number of benzene rings is 1. The molecule has 1 aliphatic rings. The Morgan fingerprint density at radius 1 is 1.29 bits per heavy atom. The number of ketones is 1. The Kier molecular flexibility index (Phi) is 3.58. The number of carbonyl (C=O) groups excluding carboxylic acids is 1. The summed E-state index contributed by atoms with van der Waals surface area (Å²) in [6, 6.07) is 5.61. The molecule has 0 heterocycles. The maximum atomic E-state index is 12.6. The lowest BCUT2D eigenvalue weighted by atomic mass is 9.82. The number of nitrogens with zero attached hydrogens (tertiary/aromatic N) is 1. The summed E-state index contributed by atoms with van der Waals surface area (Å²) in [7, 11) is 0. The van der Waals surface area contributed by atoms with Crippen molar-refractivity contribution in [3.63, 3.8) is 0 Å². The largest absolute Gasteiger partial charge is 0.306 e. The predicted molar refractivity (Wildman–Crippen MR) is 87.0 cm³/mol. The van der Waals surface area contributed by atoms with Crippen LogP contribution in [0.1, 0.15) is 51.3 Å². The molecular weight excluding hydrogens is 258 g/mol. The molecule has 0 saturated heterocycles. The van der Waals surface area contributed by atoms with E-state index in [0.717, 1.165) is 16.7 Å². The molecular formula is C19H23NO. The SMILES string of the molecule is [C-]#[N+]C(C(=O)C(C)(C)C)C1=CC(C)(C)c2ccc(C)cc21. The van der Waals surface area contributed by atoms with Crippen LogP contribution in [0.3, 0.4) is 0 Å². The number of allylic oxidation sites excluding steroid dienone is 1. The summed E-state index contributed by atoms with van der Waals surface area (Å²) in [5, 5.41) is 0. The van der Waals surface area contributed by atoms with Crippen LogP contribution < -0.4 is 0 Å². The summed E-state index contributed by atoms with van der Waals surface area (Å²) < 4.78 is 0. The first-order chi connectivity index (χ1) is 9.58. The number of hydrogen-bond donors (Lipinski definition) is 0. The van der Waals surface area contributed by atoms with Crippen molar-refractivity contribution < 1.29 is 4.79 Å². The van der Waals surface area contributed by atoms with E-state index in [1.165, 1.54) is 5.56 Å². The lowest BCUT2D eigenvalue weighted by Crippen LogP contribution is -2.31. The van der Waals surface area contributed by atoms with Gasteiger partial charge < -0.3 is 0 Å². The summed E-state index contributed by atoms with van der Waals surface area (Å²) in [6.07, 6.45) is 2.10. The highest BCUT2D eigenvalue weighted by atomic mass is 16.1. The fourth-order valence-corrected chi connectivity index (χ4v) is 2.91. The van der Waals surface area contributed by atoms with Crippen molar-refractivity contribution in [2.45, 2.75) is 53.0 Å². The highest BCUT2D eigenvalue weighted by Crippen LogP contribution is 2.43. The van der Waals surface area contributed by atoms with Gasteiger partial charge in [-0.25, -0.2) is 6.57 Å². The van der Waals surface area contributed by atoms with Crippen molar-refractivity contribution in [1.82, 2.24) is 0 Å². The first kappa shape index (κ1) is 15.5. The molecule has 1 atom stereocenters. The Hall–Kier alpha value is -1.88. The maximum absolute atomic E-state index is 12.6. The van der Waals surface area contributed by atoms with Gasteiger partial charge in [0, 0.05) is 16.4 Å². The topological polar surface area (TPSA) is 21.4 Å². The highest BCUT2D eigenvalue weighted by molar-refractivity contribution is 6.03. The van der Waals surface area contributed by atoms with Crippen LogP contribution in [0.2, 0.25) is 0 Å². The second-order valence-electron chi connectivity index (χ2n) is 7.52. The Balaban J connectivity index is 2.58. The van der Waals surface area contributed by atoms with Gasteiger partial charge in [-0.1, -0.05) is 64.5 Å². The molecule has 2 heteroatoms. The van der Waals surface area contributed by atoms with Gasteiger partial charge in [0.2, 0.25) is 5.78 Å². The fourth-order valence-electron chi connectivity index (χ4n) is 2.91. The third-order valence-corrected chi connectivity index (χ3v) is 4.11. The summed E-state index contributed by atoms with van der Waals surface area (Å²) in [5.41, 5.74) is 3.68. The van der Waals surface area contributed by atoms with Gasteiger partial charge in [-0.05, 0) is 18.1 Å². The van der Waals surface area contributed by atoms with E-state index in [9.17, 15) is 4.79 Å². The predicted octanol–water partition coefficient (Wildman–Crippen LogP) is 4.57. The monoisotopic (exact) mass is 281 g/mol. The fraction of sp³-hybridized carbons (Fsp3) is 0.474. The molecule has 0 saturated carbocycles. The minimum atomic E-state index is -0.702. The highest BCUT2D eigenvalue weighted by Gasteiger charge is 2.42. The molecule has 0 spiro atoms. The van der Waals surface area contributed by atoms with Gasteiger partial charge in [0.05, 0.1) is 0 Å². The molecule has 0 aliphatic heterocycles. The lowest BCUT2D eigenvalue weighted by Gasteiger charge is -2.18. The quantitative estimate of drug-likeness (QED) is 0.727. The van der Waals surface area contributed by atoms with Crippen molar-refractivity contribution in [1.29, 1.82) is 0 Å². The van der Waals surface area contributed by atoms with E-state index >= 15 is 0 Å². The Morgan fingerprint density at radius 2 is 1.90 bits per heavy atom. The van der Waals surface area contributed by atoms with Crippen LogP contribution in [-0.4, -0.2) is 11.8 Å². The van der Waals surface area contributed by atoms with Crippen LogP contribution in [0.15, 0.2) is 24.3 Å². The summed E-state index contributed by atoms with van der Waals surface area (Å²) in [6.45, 7) is 19.5. The number of Topliss-reactive ketones (excluding diaryl/α,β-unsaturated/α-hetero) is 1. The van der Waals surface area contributed by atoms with Gasteiger partial charge in [0.25, 0.3) is 0 Å². The van der Waals surface area contributed by atoms with Crippen LogP contribution in [-0.2, 0) is 10.2 Å². The molecule has 0 radical (unpaired) electrons. The van der Waals surface area contributed by atoms with E-state index in [0.29, 0.717) is 0 Å². The van der Waals surface area contributed by atoms with Gasteiger partial charge in [-0.2, -0.15) is 0 Å². The normalized spacial score (nSPS) is 17.7. The van der Waals surface area contributed by atoms with Gasteiger partial charge in [-0.15, -0.1) is 0 Å². The van der Waals surface area contributed by atoms with Crippen LogP contribution in [0.5, 0.6) is 0 Å². The zero-order valence-corrected chi connectivity index (χ0v) is 13.7. The second-order valence-corrected chi connectivity index (χ2v) is 7.52. The average molecular weight is 281 g/mol. The van der Waals surface area contributed by atoms with Crippen LogP contribution in [0.4, 0.5) is 0 Å². The number of aryl methyl sites for hydroxylation is 1. The van der Waals surface area contributed by atoms with Crippen LogP contribution in [0.25, 0.3) is 10.4 Å². The number of hydrogen-bond acceptors (Lipinski definition) is 1. The summed E-state index contributed by atoms with van der Waals surface area (Å²) in [5.74, 6) is -0.00564. The summed E-state index contributed by atoms with van der Waals surface area (Å²) in [4.78, 5) is 16.3. The minimum absolute atomic E-state index is 0.00564. The zero-order chi connectivity index (χ0) is 16.0. The first-order valence-corrected chi connectivity index (χ1v) is 7.33. The molecule has 1 unspecified atom stereocenters. The standard InChI is InChI=1S/C19H23NO/c1-12-8-9-15-13(10-12)14(11-19(15,5)6)16(20-7)17(21)18(2,3)4/h8-11,16H,1-6H3. The van der Waals surface area contributed by atoms with Crippen LogP contribution in [0, 0.1) is 18.9 Å². The number of rotatable bonds is 2. The minimum Gasteiger partial charge on any atom is -0.300 e. The molecule has 0 fully saturated rings. The molecule has 1 aromatic carbocycles. The van der Waals surface area contributed by atoms with Crippen molar-refractivity contribution in [3.05, 3.63) is 52.4 Å². The Morgan fingerprint density at radius 3 is 2.43 bits per heavy atom. The Labute approximate surface area is 127 Å². The van der Waals surface area contributed by atoms with E-state index in [2.05, 4.69) is 43.0 Å². The molecule has 21 heavy (non-hydrogen) atoms. The van der Waals surface area contributed by atoms with Crippen LogP contribution >= 0.6 is 0 Å². The number of fused-ring (bicyclic) bond motifs is 1. The maximum Gasteiger partial charge on any atom is 0.306 e. The van der Waals surface area contributed by atoms with Crippen molar-refractivity contribution >= 4 is 11.4 Å². The lowest BCUT2D eigenvalue weighted by molar-refractivity contribution is -0.125. The van der Waals surface area contributed by atoms with Gasteiger partial charge in [0.1, 0.15) is 0 Å². The van der Waals surface area contributed by atoms with Gasteiger partial charge in [-0.3, -0.25) is 9.64 Å². The summed E-state index contributed by atoms with van der Waals surface area (Å²) >= 11 is 0. The third-order valence-electron chi connectivity index (χ3n) is 4.11. The van der Waals surface area contributed by atoms with E-state index in [1.807, 2.05) is 27.7 Å². The second kappa shape index (κ2) is 4.84. The number of carbonyl (C=O) groups is 1. The third kappa shape index (κ3) is 2.65. The molecule has 110 valence electrons. The van der Waals surface area contributed by atoms with E-state index < -0.39 is 11.5 Å². The van der Waals surface area contributed by atoms with Crippen molar-refractivity contribution in [3.8, 4) is 0 Å². The molecule has 2 nitrogen and oxygen atoms in total. The zero-order valence-electron chi connectivity index (χ0n) is 13.7. The molecule has 0 amide bonds. The van der Waals surface area contributed by atoms with E-state index in [1.54, 1.807) is 0 Å². The van der Waals surface area contributed by atoms with Gasteiger partial charge >= 0.3 is 6.04 Å². The smallest absolute Gasteiger partial charge is 0.300 e. The van der Waals surface area contributed by atoms with Crippen molar-refractivity contribution in [2.24, 2.45) is 5.41 Å². The Bertz CT molecular complexity index is 666. The molecule has 0 bridgehead atoms. The van der Waals surface area contributed by atoms with Gasteiger partial charge in [0.15, 0.2) is 0 Å². The van der Waals surface area contributed by atoms with E-state index in [4.69, 9.17) is 6.57 Å².